The molecular weight excluding hydrogens is 267 g/mol. The molecule has 0 bridgehead atoms. The molecular formula is C17H19FN2O. The van der Waals surface area contributed by atoms with E-state index >= 15 is 0 Å². The molecule has 110 valence electrons. The van der Waals surface area contributed by atoms with Gasteiger partial charge in [-0.3, -0.25) is 4.79 Å². The Morgan fingerprint density at radius 3 is 2.57 bits per heavy atom. The number of nitrogens with one attached hydrogen (secondary N) is 2. The van der Waals surface area contributed by atoms with E-state index in [-0.39, 0.29) is 18.3 Å². The summed E-state index contributed by atoms with van der Waals surface area (Å²) in [5.74, 6) is -0.481. The fourth-order valence-corrected chi connectivity index (χ4v) is 2.04. The normalized spacial score (nSPS) is 10.3. The second-order valence-corrected chi connectivity index (χ2v) is 5.11. The van der Waals surface area contributed by atoms with Crippen LogP contribution in [0.4, 0.5) is 15.8 Å². The zero-order valence-electron chi connectivity index (χ0n) is 12.5. The van der Waals surface area contributed by atoms with Gasteiger partial charge in [0.25, 0.3) is 0 Å². The Kier molecular flexibility index (Phi) is 4.58. The predicted molar refractivity (Wildman–Crippen MR) is 84.2 cm³/mol. The van der Waals surface area contributed by atoms with Gasteiger partial charge >= 0.3 is 0 Å². The van der Waals surface area contributed by atoms with E-state index < -0.39 is 0 Å². The van der Waals surface area contributed by atoms with Gasteiger partial charge in [0, 0.05) is 11.4 Å². The van der Waals surface area contributed by atoms with Gasteiger partial charge in [-0.05, 0) is 55.7 Å². The zero-order valence-corrected chi connectivity index (χ0v) is 12.5. The number of amides is 1. The maximum absolute atomic E-state index is 13.2. The Labute approximate surface area is 124 Å². The average Bonchev–Trinajstić information content (AvgIpc) is 2.45. The van der Waals surface area contributed by atoms with E-state index in [0.717, 1.165) is 22.4 Å². The fourth-order valence-electron chi connectivity index (χ4n) is 2.04. The lowest BCUT2D eigenvalue weighted by atomic mass is 10.1. The fraction of sp³-hybridized carbons (Fsp3) is 0.235. The summed E-state index contributed by atoms with van der Waals surface area (Å²) < 4.78 is 13.2. The third-order valence-corrected chi connectivity index (χ3v) is 3.52. The molecule has 0 aliphatic rings. The maximum Gasteiger partial charge on any atom is 0.243 e. The van der Waals surface area contributed by atoms with Crippen LogP contribution >= 0.6 is 0 Å². The van der Waals surface area contributed by atoms with Crippen LogP contribution < -0.4 is 10.6 Å². The number of carbonyl (C=O) groups excluding carboxylic acids is 1. The van der Waals surface area contributed by atoms with Gasteiger partial charge in [0.1, 0.15) is 5.82 Å². The van der Waals surface area contributed by atoms with Crippen molar-refractivity contribution < 1.29 is 9.18 Å². The second kappa shape index (κ2) is 6.39. The molecule has 0 radical (unpaired) electrons. The third-order valence-electron chi connectivity index (χ3n) is 3.52. The van der Waals surface area contributed by atoms with Crippen molar-refractivity contribution in [3.8, 4) is 0 Å². The van der Waals surface area contributed by atoms with Crippen molar-refractivity contribution in [2.75, 3.05) is 17.2 Å². The maximum atomic E-state index is 13.2. The van der Waals surface area contributed by atoms with E-state index in [1.165, 1.54) is 12.1 Å². The molecule has 4 heteroatoms. The molecule has 0 unspecified atom stereocenters. The molecule has 2 N–H and O–H groups in total. The number of aryl methyl sites for hydroxylation is 2. The molecule has 2 rings (SSSR count). The minimum Gasteiger partial charge on any atom is -0.376 e. The molecule has 2 aromatic rings. The summed E-state index contributed by atoms with van der Waals surface area (Å²) in [6, 6.07) is 10.2. The molecule has 0 aliphatic carbocycles. The molecule has 0 fully saturated rings. The van der Waals surface area contributed by atoms with Crippen LogP contribution in [-0.4, -0.2) is 12.5 Å². The van der Waals surface area contributed by atoms with Gasteiger partial charge in [-0.15, -0.1) is 0 Å². The molecule has 21 heavy (non-hydrogen) atoms. The van der Waals surface area contributed by atoms with Crippen LogP contribution in [0.3, 0.4) is 0 Å². The summed E-state index contributed by atoms with van der Waals surface area (Å²) in [7, 11) is 0. The van der Waals surface area contributed by atoms with E-state index in [9.17, 15) is 9.18 Å². The van der Waals surface area contributed by atoms with Crippen LogP contribution in [0.1, 0.15) is 16.7 Å². The van der Waals surface area contributed by atoms with Gasteiger partial charge in [0.2, 0.25) is 5.91 Å². The van der Waals surface area contributed by atoms with Crippen LogP contribution in [0.25, 0.3) is 0 Å². The molecule has 0 aromatic heterocycles. The molecule has 0 atom stereocenters. The van der Waals surface area contributed by atoms with Gasteiger partial charge in [0.15, 0.2) is 0 Å². The highest BCUT2D eigenvalue weighted by atomic mass is 19.1. The van der Waals surface area contributed by atoms with E-state index in [0.29, 0.717) is 5.69 Å². The first-order valence-corrected chi connectivity index (χ1v) is 6.83. The molecule has 0 heterocycles. The summed E-state index contributed by atoms with van der Waals surface area (Å²) in [6.07, 6.45) is 0. The van der Waals surface area contributed by atoms with Crippen LogP contribution in [0.15, 0.2) is 36.4 Å². The summed E-state index contributed by atoms with van der Waals surface area (Å²) >= 11 is 0. The van der Waals surface area contributed by atoms with Gasteiger partial charge < -0.3 is 10.6 Å². The van der Waals surface area contributed by atoms with Gasteiger partial charge in [0.05, 0.1) is 6.54 Å². The van der Waals surface area contributed by atoms with Crippen molar-refractivity contribution in [2.24, 2.45) is 0 Å². The quantitative estimate of drug-likeness (QED) is 0.897. The van der Waals surface area contributed by atoms with Crippen LogP contribution in [0.5, 0.6) is 0 Å². The topological polar surface area (TPSA) is 41.1 Å². The number of rotatable bonds is 4. The van der Waals surface area contributed by atoms with Crippen molar-refractivity contribution in [3.63, 3.8) is 0 Å². The number of anilines is 2. The van der Waals surface area contributed by atoms with Crippen molar-refractivity contribution in [2.45, 2.75) is 20.8 Å². The molecule has 0 saturated carbocycles. The Hall–Kier alpha value is -2.36. The van der Waals surface area contributed by atoms with E-state index in [1.807, 2.05) is 39.0 Å². The Morgan fingerprint density at radius 1 is 1.05 bits per heavy atom. The van der Waals surface area contributed by atoms with Gasteiger partial charge in [-0.25, -0.2) is 4.39 Å². The van der Waals surface area contributed by atoms with Gasteiger partial charge in [-0.1, -0.05) is 18.2 Å². The molecule has 3 nitrogen and oxygen atoms in total. The Bertz CT molecular complexity index is 668. The number of benzene rings is 2. The highest BCUT2D eigenvalue weighted by Crippen LogP contribution is 2.18. The van der Waals surface area contributed by atoms with E-state index in [1.54, 1.807) is 6.07 Å². The molecule has 2 aromatic carbocycles. The minimum atomic E-state index is -0.321. The molecule has 0 saturated heterocycles. The van der Waals surface area contributed by atoms with E-state index in [4.69, 9.17) is 0 Å². The first-order chi connectivity index (χ1) is 9.97. The van der Waals surface area contributed by atoms with E-state index in [2.05, 4.69) is 10.6 Å². The lowest BCUT2D eigenvalue weighted by Gasteiger charge is -2.12. The summed E-state index contributed by atoms with van der Waals surface area (Å²) in [6.45, 7) is 5.93. The van der Waals surface area contributed by atoms with Crippen molar-refractivity contribution in [1.82, 2.24) is 0 Å². The predicted octanol–water partition coefficient (Wildman–Crippen LogP) is 3.80. The number of hydrogen-bond acceptors (Lipinski definition) is 2. The first-order valence-electron chi connectivity index (χ1n) is 6.83. The van der Waals surface area contributed by atoms with Crippen molar-refractivity contribution in [1.29, 1.82) is 0 Å². The standard InChI is InChI=1S/C17H19FN2O/c1-11-5-4-6-15(13(11)3)20-17(21)10-19-16-9-14(18)8-7-12(16)2/h4-9,19H,10H2,1-3H3,(H,20,21). The second-order valence-electron chi connectivity index (χ2n) is 5.11. The molecule has 1 amide bonds. The van der Waals surface area contributed by atoms with Crippen LogP contribution in [0, 0.1) is 26.6 Å². The number of carbonyl (C=O) groups is 1. The molecule has 0 spiro atoms. The number of halogens is 1. The minimum absolute atomic E-state index is 0.0949. The highest BCUT2D eigenvalue weighted by Gasteiger charge is 2.07. The lowest BCUT2D eigenvalue weighted by Crippen LogP contribution is -2.22. The zero-order chi connectivity index (χ0) is 15.4. The summed E-state index contributed by atoms with van der Waals surface area (Å²) in [5.41, 5.74) is 4.51. The smallest absolute Gasteiger partial charge is 0.243 e. The van der Waals surface area contributed by atoms with Crippen LogP contribution in [0.2, 0.25) is 0 Å². The largest absolute Gasteiger partial charge is 0.376 e. The summed E-state index contributed by atoms with van der Waals surface area (Å²) in [4.78, 5) is 12.0. The Balaban J connectivity index is 1.99. The molecule has 0 aliphatic heterocycles. The summed E-state index contributed by atoms with van der Waals surface area (Å²) in [5, 5.41) is 5.82. The van der Waals surface area contributed by atoms with Crippen molar-refractivity contribution >= 4 is 17.3 Å². The Morgan fingerprint density at radius 2 is 1.81 bits per heavy atom. The third kappa shape index (κ3) is 3.81. The monoisotopic (exact) mass is 286 g/mol. The highest BCUT2D eigenvalue weighted by molar-refractivity contribution is 5.94. The first kappa shape index (κ1) is 15.0. The SMILES string of the molecule is Cc1ccc(F)cc1NCC(=O)Nc1cccc(C)c1C. The lowest BCUT2D eigenvalue weighted by molar-refractivity contribution is -0.114. The van der Waals surface area contributed by atoms with Crippen molar-refractivity contribution in [3.05, 3.63) is 58.9 Å². The number of hydrogen-bond donors (Lipinski definition) is 2. The van der Waals surface area contributed by atoms with Gasteiger partial charge in [-0.2, -0.15) is 0 Å². The average molecular weight is 286 g/mol. The van der Waals surface area contributed by atoms with Crippen LogP contribution in [-0.2, 0) is 4.79 Å².